The van der Waals surface area contributed by atoms with Crippen LogP contribution < -0.4 is 10.6 Å². The molecule has 0 radical (unpaired) electrons. The fourth-order valence-corrected chi connectivity index (χ4v) is 4.94. The first-order chi connectivity index (χ1) is 24.3. The molecule has 19 nitrogen and oxygen atoms in total. The molecule has 2 N–H and O–H groups in total. The summed E-state index contributed by atoms with van der Waals surface area (Å²) in [7, 11) is 0. The van der Waals surface area contributed by atoms with Crippen molar-refractivity contribution in [2.24, 2.45) is 0 Å². The SMILES string of the molecule is CC(=O)OCC1OC(OC(C)=O)C(NC(=O)C(F)(F)F)[C@@H](OC(C)=O)[C@H]1O[C@@H]1OC(COC(C)=O)[C@H](OC(C)=O)[C@H](OC(C)=O)C1NC(=O)C(F)(F)F. The van der Waals surface area contributed by atoms with Crippen LogP contribution in [-0.4, -0.2) is 134 Å². The molecule has 0 aromatic rings. The first kappa shape index (κ1) is 44.4. The standard InChI is InChI=1S/C28H34F6N2O17/c1-9(37)45-7-15-19(47-11(3)39)21(48-12(4)40)18(36-26(44)28(32,33)34)24(52-15)53-20-16(8-46-10(2)38)51-23(50-14(6)42)17(22(20)49-13(5)41)35-25(43)27(29,30)31/h15-24H,7-8H2,1-6H3,(H,35,43)(H,36,44)/t15?,16?,17?,18?,19-,20-,21+,22+,23?,24-/m0/s1. The second-order valence-corrected chi connectivity index (χ2v) is 11.1. The summed E-state index contributed by atoms with van der Waals surface area (Å²) in [6.45, 7) is 2.95. The van der Waals surface area contributed by atoms with E-state index in [4.69, 9.17) is 42.6 Å². The predicted molar refractivity (Wildman–Crippen MR) is 150 cm³/mol. The van der Waals surface area contributed by atoms with Crippen LogP contribution in [0.1, 0.15) is 41.5 Å². The molecule has 0 aromatic carbocycles. The minimum Gasteiger partial charge on any atom is -0.463 e. The molecule has 0 spiro atoms. The van der Waals surface area contributed by atoms with Crippen molar-refractivity contribution < 1.29 is 107 Å². The van der Waals surface area contributed by atoms with Crippen molar-refractivity contribution in [3.8, 4) is 0 Å². The predicted octanol–water partition coefficient (Wildman–Crippen LogP) is -0.600. The smallest absolute Gasteiger partial charge is 0.463 e. The molecule has 10 atom stereocenters. The summed E-state index contributed by atoms with van der Waals surface area (Å²) in [4.78, 5) is 96.3. The van der Waals surface area contributed by atoms with Crippen molar-refractivity contribution in [3.63, 3.8) is 0 Å². The van der Waals surface area contributed by atoms with Crippen LogP contribution in [0.25, 0.3) is 0 Å². The van der Waals surface area contributed by atoms with Gasteiger partial charge in [-0.1, -0.05) is 0 Å². The molecule has 25 heteroatoms. The number of rotatable bonds is 12. The monoisotopic (exact) mass is 784 g/mol. The van der Waals surface area contributed by atoms with E-state index in [1.54, 1.807) is 0 Å². The zero-order chi connectivity index (χ0) is 40.6. The van der Waals surface area contributed by atoms with E-state index >= 15 is 0 Å². The van der Waals surface area contributed by atoms with Crippen LogP contribution in [0.2, 0.25) is 0 Å². The Bertz CT molecular complexity index is 1410. The number of nitrogens with one attached hydrogen (secondary N) is 2. The summed E-state index contributed by atoms with van der Waals surface area (Å²) in [5.74, 6) is -12.4. The molecule has 53 heavy (non-hydrogen) atoms. The number of ether oxygens (including phenoxy) is 9. The summed E-state index contributed by atoms with van der Waals surface area (Å²) < 4.78 is 128. The van der Waals surface area contributed by atoms with Crippen molar-refractivity contribution >= 4 is 47.6 Å². The molecule has 0 aromatic heterocycles. The van der Waals surface area contributed by atoms with Crippen molar-refractivity contribution in [1.82, 2.24) is 10.6 Å². The molecular formula is C28H34F6N2O17. The highest BCUT2D eigenvalue weighted by atomic mass is 19.4. The topological polar surface area (TPSA) is 244 Å². The third-order valence-electron chi connectivity index (χ3n) is 6.78. The number of hydrogen-bond acceptors (Lipinski definition) is 17. The van der Waals surface area contributed by atoms with Gasteiger partial charge in [-0.3, -0.25) is 38.4 Å². The van der Waals surface area contributed by atoms with Crippen LogP contribution >= 0.6 is 0 Å². The number of hydrogen-bond donors (Lipinski definition) is 2. The Balaban J connectivity index is 2.87. The highest BCUT2D eigenvalue weighted by Crippen LogP contribution is 2.34. The van der Waals surface area contributed by atoms with Gasteiger partial charge in [0.2, 0.25) is 6.29 Å². The number of halogens is 6. The first-order valence-electron chi connectivity index (χ1n) is 15.0. The maximum Gasteiger partial charge on any atom is 0.471 e. The van der Waals surface area contributed by atoms with Gasteiger partial charge in [0.25, 0.3) is 0 Å². The summed E-state index contributed by atoms with van der Waals surface area (Å²) in [6, 6.07) is -4.75. The normalized spacial score (nSPS) is 28.7. The Morgan fingerprint density at radius 2 is 0.830 bits per heavy atom. The third kappa shape index (κ3) is 13.3. The van der Waals surface area contributed by atoms with E-state index in [1.165, 1.54) is 10.6 Å². The molecule has 2 aliphatic rings. The van der Waals surface area contributed by atoms with Gasteiger partial charge in [-0.25, -0.2) is 0 Å². The number of amides is 2. The zero-order valence-electron chi connectivity index (χ0n) is 28.4. The van der Waals surface area contributed by atoms with E-state index in [0.717, 1.165) is 41.5 Å². The lowest BCUT2D eigenvalue weighted by molar-refractivity contribution is -0.331. The second-order valence-electron chi connectivity index (χ2n) is 11.1. The van der Waals surface area contributed by atoms with Gasteiger partial charge in [-0.05, 0) is 0 Å². The van der Waals surface area contributed by atoms with Gasteiger partial charge in [0.1, 0.15) is 43.6 Å². The van der Waals surface area contributed by atoms with E-state index in [9.17, 15) is 64.7 Å². The number of esters is 6. The summed E-state index contributed by atoms with van der Waals surface area (Å²) in [5, 5.41) is 2.87. The van der Waals surface area contributed by atoms with Crippen LogP contribution in [-0.2, 0) is 81.0 Å². The molecule has 5 unspecified atom stereocenters. The third-order valence-corrected chi connectivity index (χ3v) is 6.78. The lowest BCUT2D eigenvalue weighted by atomic mass is 9.93. The summed E-state index contributed by atoms with van der Waals surface area (Å²) in [6.07, 6.45) is -28.4. The number of carbonyl (C=O) groups excluding carboxylic acids is 8. The molecule has 2 heterocycles. The molecule has 2 rings (SSSR count). The van der Waals surface area contributed by atoms with E-state index in [2.05, 4.69) is 0 Å². The first-order valence-corrected chi connectivity index (χ1v) is 15.0. The van der Waals surface area contributed by atoms with E-state index in [0.29, 0.717) is 0 Å². The summed E-state index contributed by atoms with van der Waals surface area (Å²) >= 11 is 0. The van der Waals surface area contributed by atoms with Crippen LogP contribution in [0, 0.1) is 0 Å². The zero-order valence-corrected chi connectivity index (χ0v) is 28.4. The van der Waals surface area contributed by atoms with E-state index in [-0.39, 0.29) is 0 Å². The quantitative estimate of drug-likeness (QED) is 0.143. The Labute approximate surface area is 294 Å². The average molecular weight is 785 g/mol. The van der Waals surface area contributed by atoms with Crippen LogP contribution in [0.4, 0.5) is 26.3 Å². The molecular weight excluding hydrogens is 750 g/mol. The molecule has 0 aliphatic carbocycles. The average Bonchev–Trinajstić information content (AvgIpc) is 2.98. The van der Waals surface area contributed by atoms with Crippen molar-refractivity contribution in [1.29, 1.82) is 0 Å². The fourth-order valence-electron chi connectivity index (χ4n) is 4.94. The molecule has 2 amide bonds. The van der Waals surface area contributed by atoms with E-state index < -0.39 is 134 Å². The van der Waals surface area contributed by atoms with Crippen molar-refractivity contribution in [2.45, 2.75) is 115 Å². The Morgan fingerprint density at radius 3 is 1.21 bits per heavy atom. The largest absolute Gasteiger partial charge is 0.471 e. The highest BCUT2D eigenvalue weighted by Gasteiger charge is 2.58. The second kappa shape index (κ2) is 18.3. The Hall–Kier alpha value is -4.78. The van der Waals surface area contributed by atoms with E-state index in [1.807, 2.05) is 0 Å². The maximum atomic E-state index is 13.6. The van der Waals surface area contributed by atoms with Gasteiger partial charge >= 0.3 is 60.0 Å². The minimum atomic E-state index is -5.66. The van der Waals surface area contributed by atoms with Gasteiger partial charge in [-0.2, -0.15) is 26.3 Å². The molecule has 0 bridgehead atoms. The van der Waals surface area contributed by atoms with Gasteiger partial charge in [-0.15, -0.1) is 0 Å². The Kier molecular flexibility index (Phi) is 15.3. The number of carbonyl (C=O) groups is 8. The highest BCUT2D eigenvalue weighted by molar-refractivity contribution is 5.82. The number of alkyl halides is 6. The van der Waals surface area contributed by atoms with Crippen LogP contribution in [0.15, 0.2) is 0 Å². The van der Waals surface area contributed by atoms with Gasteiger partial charge in [0, 0.05) is 41.5 Å². The molecule has 2 saturated heterocycles. The van der Waals surface area contributed by atoms with Gasteiger partial charge in [0.15, 0.2) is 24.6 Å². The van der Waals surface area contributed by atoms with Crippen molar-refractivity contribution in [2.75, 3.05) is 13.2 Å². The Morgan fingerprint density at radius 1 is 0.491 bits per heavy atom. The van der Waals surface area contributed by atoms with Crippen LogP contribution in [0.5, 0.6) is 0 Å². The molecule has 300 valence electrons. The molecule has 0 saturated carbocycles. The minimum absolute atomic E-state index is 0.718. The van der Waals surface area contributed by atoms with Gasteiger partial charge in [0.05, 0.1) is 0 Å². The summed E-state index contributed by atoms with van der Waals surface area (Å²) in [5.41, 5.74) is 0. The van der Waals surface area contributed by atoms with Gasteiger partial charge < -0.3 is 53.3 Å². The lowest BCUT2D eigenvalue weighted by Gasteiger charge is -2.49. The maximum absolute atomic E-state index is 13.6. The van der Waals surface area contributed by atoms with Crippen LogP contribution in [0.3, 0.4) is 0 Å². The lowest BCUT2D eigenvalue weighted by Crippen LogP contribution is -2.71. The molecule has 2 fully saturated rings. The molecule has 2 aliphatic heterocycles. The fraction of sp³-hybridized carbons (Fsp3) is 0.714. The van der Waals surface area contributed by atoms with Crippen molar-refractivity contribution in [3.05, 3.63) is 0 Å².